The summed E-state index contributed by atoms with van der Waals surface area (Å²) in [6.45, 7) is 1.57. The fourth-order valence-electron chi connectivity index (χ4n) is 2.76. The molecule has 3 heterocycles. The molecule has 0 saturated carbocycles. The first kappa shape index (κ1) is 15.3. The van der Waals surface area contributed by atoms with Crippen molar-refractivity contribution < 1.29 is 23.8 Å². The van der Waals surface area contributed by atoms with Crippen molar-refractivity contribution in [3.8, 4) is 17.2 Å². The maximum Gasteiger partial charge on any atom is 0.281 e. The van der Waals surface area contributed by atoms with Crippen LogP contribution in [0, 0.1) is 0 Å². The van der Waals surface area contributed by atoms with Gasteiger partial charge in [0.1, 0.15) is 0 Å². The average Bonchev–Trinajstić information content (AvgIpc) is 3.07. The van der Waals surface area contributed by atoms with Gasteiger partial charge in [0.05, 0.1) is 0 Å². The molecule has 0 aliphatic carbocycles. The van der Waals surface area contributed by atoms with Gasteiger partial charge in [-0.3, -0.25) is 14.5 Å². The van der Waals surface area contributed by atoms with Gasteiger partial charge in [0.25, 0.3) is 17.4 Å². The Balaban J connectivity index is 1.62. The van der Waals surface area contributed by atoms with Gasteiger partial charge in [0.2, 0.25) is 6.79 Å². The second-order valence-corrected chi connectivity index (χ2v) is 5.85. The molecule has 0 saturated heterocycles. The largest absolute Gasteiger partial charge is 0.464 e. The fraction of sp³-hybridized carbons (Fsp3) is 0.235. The Hall–Kier alpha value is -3.29. The molecule has 2 aliphatic heterocycles. The molecule has 4 rings (SSSR count). The summed E-state index contributed by atoms with van der Waals surface area (Å²) >= 11 is 0. The molecule has 0 bridgehead atoms. The number of carbonyl (C=O) groups excluding carboxylic acids is 2. The number of likely N-dealkylation sites (N-methyl/N-ethyl adjacent to an activating group) is 1. The van der Waals surface area contributed by atoms with Crippen molar-refractivity contribution in [2.45, 2.75) is 12.5 Å². The topological polar surface area (TPSA) is 90.0 Å². The van der Waals surface area contributed by atoms with Crippen molar-refractivity contribution in [3.63, 3.8) is 0 Å². The van der Waals surface area contributed by atoms with E-state index in [9.17, 15) is 9.59 Å². The number of carbonyl (C=O) groups is 2. The predicted molar refractivity (Wildman–Crippen MR) is 87.9 cm³/mol. The second-order valence-electron chi connectivity index (χ2n) is 5.85. The van der Waals surface area contributed by atoms with Crippen molar-refractivity contribution >= 4 is 23.3 Å². The van der Waals surface area contributed by atoms with Gasteiger partial charge >= 0.3 is 0 Å². The lowest BCUT2D eigenvalue weighted by atomic mass is 10.0. The van der Waals surface area contributed by atoms with Gasteiger partial charge in [-0.15, -0.1) is 0 Å². The Bertz CT molecular complexity index is 884. The van der Waals surface area contributed by atoms with Crippen LogP contribution in [0.25, 0.3) is 0 Å². The third-order valence-corrected chi connectivity index (χ3v) is 4.16. The van der Waals surface area contributed by atoms with Crippen LogP contribution in [0.4, 0.5) is 11.5 Å². The van der Waals surface area contributed by atoms with Crippen LogP contribution in [0.3, 0.4) is 0 Å². The van der Waals surface area contributed by atoms with E-state index in [0.717, 1.165) is 0 Å². The van der Waals surface area contributed by atoms with Crippen LogP contribution in [0.5, 0.6) is 17.2 Å². The first-order valence-corrected chi connectivity index (χ1v) is 7.62. The third-order valence-electron chi connectivity index (χ3n) is 4.16. The SMILES string of the molecule is CN1C(=O)[C@@](C)(C(=O)Nc2ccc3c(c2)OCO3)Oc2cccnc21. The van der Waals surface area contributed by atoms with Crippen LogP contribution in [-0.2, 0) is 9.59 Å². The van der Waals surface area contributed by atoms with Gasteiger partial charge in [0.15, 0.2) is 23.1 Å². The van der Waals surface area contributed by atoms with Crippen molar-refractivity contribution in [2.24, 2.45) is 0 Å². The summed E-state index contributed by atoms with van der Waals surface area (Å²) < 4.78 is 16.2. The van der Waals surface area contributed by atoms with Gasteiger partial charge in [-0.25, -0.2) is 4.98 Å². The number of hydrogen-bond acceptors (Lipinski definition) is 6. The van der Waals surface area contributed by atoms with Crippen molar-refractivity contribution in [2.75, 3.05) is 24.1 Å². The van der Waals surface area contributed by atoms with Gasteiger partial charge in [0, 0.05) is 25.0 Å². The number of anilines is 2. The molecule has 0 radical (unpaired) electrons. The van der Waals surface area contributed by atoms with E-state index in [2.05, 4.69) is 10.3 Å². The van der Waals surface area contributed by atoms with Crippen molar-refractivity contribution in [1.29, 1.82) is 0 Å². The molecule has 1 atom stereocenters. The summed E-state index contributed by atoms with van der Waals surface area (Å²) in [7, 11) is 1.56. The molecule has 0 fully saturated rings. The minimum Gasteiger partial charge on any atom is -0.464 e. The minimum absolute atomic E-state index is 0.140. The zero-order chi connectivity index (χ0) is 17.6. The predicted octanol–water partition coefficient (Wildman–Crippen LogP) is 1.56. The maximum absolute atomic E-state index is 12.8. The van der Waals surface area contributed by atoms with E-state index in [1.165, 1.54) is 11.8 Å². The van der Waals surface area contributed by atoms with Crippen LogP contribution in [-0.4, -0.2) is 36.2 Å². The van der Waals surface area contributed by atoms with E-state index < -0.39 is 17.4 Å². The lowest BCUT2D eigenvalue weighted by Gasteiger charge is -2.36. The highest BCUT2D eigenvalue weighted by molar-refractivity contribution is 6.19. The Morgan fingerprint density at radius 3 is 2.88 bits per heavy atom. The molecule has 8 nitrogen and oxygen atoms in total. The van der Waals surface area contributed by atoms with Crippen LogP contribution in [0.1, 0.15) is 6.92 Å². The molecule has 128 valence electrons. The van der Waals surface area contributed by atoms with E-state index in [1.807, 2.05) is 0 Å². The number of rotatable bonds is 2. The van der Waals surface area contributed by atoms with E-state index in [1.54, 1.807) is 43.6 Å². The van der Waals surface area contributed by atoms with Gasteiger partial charge in [-0.05, 0) is 31.2 Å². The maximum atomic E-state index is 12.8. The summed E-state index contributed by atoms with van der Waals surface area (Å²) in [5, 5.41) is 2.70. The second kappa shape index (κ2) is 5.37. The highest BCUT2D eigenvalue weighted by Gasteiger charge is 2.50. The number of hydrogen-bond donors (Lipinski definition) is 1. The van der Waals surface area contributed by atoms with Gasteiger partial charge < -0.3 is 19.5 Å². The molecule has 2 aliphatic rings. The highest BCUT2D eigenvalue weighted by atomic mass is 16.7. The molecule has 25 heavy (non-hydrogen) atoms. The smallest absolute Gasteiger partial charge is 0.281 e. The molecular weight excluding hydrogens is 326 g/mol. The number of amides is 2. The standard InChI is InChI=1S/C17H15N3O5/c1-17(16(22)20(2)14-12(25-17)4-3-7-18-14)15(21)19-10-5-6-11-13(8-10)24-9-23-11/h3-8H,9H2,1-2H3,(H,19,21)/t17-/m1/s1. The average molecular weight is 341 g/mol. The number of benzene rings is 1. The molecular formula is C17H15N3O5. The Kier molecular flexibility index (Phi) is 3.28. The number of fused-ring (bicyclic) bond motifs is 2. The third kappa shape index (κ3) is 2.34. The van der Waals surface area contributed by atoms with Crippen LogP contribution >= 0.6 is 0 Å². The zero-order valence-corrected chi connectivity index (χ0v) is 13.6. The summed E-state index contributed by atoms with van der Waals surface area (Å²) in [5.74, 6) is 0.794. The quantitative estimate of drug-likeness (QED) is 0.834. The summed E-state index contributed by atoms with van der Waals surface area (Å²) in [6, 6.07) is 8.34. The Morgan fingerprint density at radius 2 is 2.04 bits per heavy atom. The molecule has 1 aromatic heterocycles. The summed E-state index contributed by atoms with van der Waals surface area (Å²) in [5.41, 5.74) is -1.23. The normalized spacial score (nSPS) is 20.7. The van der Waals surface area contributed by atoms with E-state index >= 15 is 0 Å². The van der Waals surface area contributed by atoms with E-state index in [0.29, 0.717) is 28.8 Å². The van der Waals surface area contributed by atoms with E-state index in [-0.39, 0.29) is 6.79 Å². The van der Waals surface area contributed by atoms with Gasteiger partial charge in [-0.1, -0.05) is 0 Å². The fourth-order valence-corrected chi connectivity index (χ4v) is 2.76. The Morgan fingerprint density at radius 1 is 1.24 bits per heavy atom. The van der Waals surface area contributed by atoms with E-state index in [4.69, 9.17) is 14.2 Å². The lowest BCUT2D eigenvalue weighted by Crippen LogP contribution is -2.60. The zero-order valence-electron chi connectivity index (χ0n) is 13.6. The first-order valence-electron chi connectivity index (χ1n) is 7.62. The van der Waals surface area contributed by atoms with Crippen molar-refractivity contribution in [3.05, 3.63) is 36.5 Å². The minimum atomic E-state index is -1.71. The molecule has 2 aromatic rings. The number of nitrogens with one attached hydrogen (secondary N) is 1. The summed E-state index contributed by atoms with van der Waals surface area (Å²) in [4.78, 5) is 30.9. The van der Waals surface area contributed by atoms with Crippen LogP contribution in [0.15, 0.2) is 36.5 Å². The summed E-state index contributed by atoms with van der Waals surface area (Å²) in [6.07, 6.45) is 1.56. The van der Waals surface area contributed by atoms with Crippen LogP contribution < -0.4 is 24.4 Å². The van der Waals surface area contributed by atoms with Gasteiger partial charge in [-0.2, -0.15) is 0 Å². The number of aromatic nitrogens is 1. The molecule has 0 unspecified atom stereocenters. The molecule has 0 spiro atoms. The number of ether oxygens (including phenoxy) is 3. The molecule has 1 aromatic carbocycles. The molecule has 2 amide bonds. The highest BCUT2D eigenvalue weighted by Crippen LogP contribution is 2.37. The monoisotopic (exact) mass is 341 g/mol. The first-order chi connectivity index (χ1) is 12.0. The number of nitrogens with zero attached hydrogens (tertiary/aromatic N) is 2. The van der Waals surface area contributed by atoms with Crippen molar-refractivity contribution in [1.82, 2.24) is 4.98 Å². The molecule has 8 heteroatoms. The lowest BCUT2D eigenvalue weighted by molar-refractivity contribution is -0.145. The van der Waals surface area contributed by atoms with Crippen LogP contribution in [0.2, 0.25) is 0 Å². The molecule has 1 N–H and O–H groups in total. The Labute approximate surface area is 143 Å². The number of pyridine rings is 1.